The third-order valence-corrected chi connectivity index (χ3v) is 4.87. The molecule has 0 aromatic carbocycles. The smallest absolute Gasteiger partial charge is 0.257 e. The minimum atomic E-state index is -2.57. The zero-order valence-electron chi connectivity index (χ0n) is 17.4. The molecular formula is C19H29F2N9O. The summed E-state index contributed by atoms with van der Waals surface area (Å²) in [6.07, 6.45) is 3.11. The van der Waals surface area contributed by atoms with Crippen molar-refractivity contribution in [2.45, 2.75) is 51.5 Å². The second-order valence-corrected chi connectivity index (χ2v) is 7.10. The summed E-state index contributed by atoms with van der Waals surface area (Å²) < 4.78 is 24.4. The van der Waals surface area contributed by atoms with E-state index in [1.54, 1.807) is 0 Å². The number of alkyl halides is 2. The average Bonchev–Trinajstić information content (AvgIpc) is 2.72. The average molecular weight is 437 g/mol. The van der Waals surface area contributed by atoms with Crippen molar-refractivity contribution in [2.24, 2.45) is 10.7 Å². The number of hydrogen-bond donors (Lipinski definition) is 5. The second kappa shape index (κ2) is 11.2. The first-order chi connectivity index (χ1) is 14.8. The summed E-state index contributed by atoms with van der Waals surface area (Å²) in [4.78, 5) is 25.8. The molecule has 0 spiro atoms. The SMILES string of the molecule is CCC(=O)N1CCCCC1CC(=N)c1c(N)nc(NC(C=NCC(F)F)=CN)nc1N. The molecule has 1 fully saturated rings. The molecule has 1 aliphatic heterocycles. The van der Waals surface area contributed by atoms with Gasteiger partial charge in [-0.15, -0.1) is 0 Å². The first kappa shape index (κ1) is 24.0. The molecule has 8 N–H and O–H groups in total. The van der Waals surface area contributed by atoms with Gasteiger partial charge in [0.1, 0.15) is 11.6 Å². The van der Waals surface area contributed by atoms with E-state index in [1.807, 2.05) is 11.8 Å². The summed E-state index contributed by atoms with van der Waals surface area (Å²) in [5.41, 5.74) is 18.1. The highest BCUT2D eigenvalue weighted by Gasteiger charge is 2.28. The molecule has 1 aliphatic rings. The maximum Gasteiger partial charge on any atom is 0.257 e. The molecule has 0 aliphatic carbocycles. The van der Waals surface area contributed by atoms with Crippen molar-refractivity contribution in [3.05, 3.63) is 17.5 Å². The van der Waals surface area contributed by atoms with Gasteiger partial charge in [0.15, 0.2) is 0 Å². The lowest BCUT2D eigenvalue weighted by molar-refractivity contribution is -0.134. The van der Waals surface area contributed by atoms with Crippen LogP contribution < -0.4 is 22.5 Å². The molecule has 1 aromatic rings. The lowest BCUT2D eigenvalue weighted by Crippen LogP contribution is -2.44. The zero-order valence-corrected chi connectivity index (χ0v) is 17.4. The Morgan fingerprint density at radius 2 is 2.03 bits per heavy atom. The highest BCUT2D eigenvalue weighted by atomic mass is 19.3. The largest absolute Gasteiger partial charge is 0.403 e. The summed E-state index contributed by atoms with van der Waals surface area (Å²) in [6.45, 7) is 1.83. The maximum absolute atomic E-state index is 12.2. The number of aromatic nitrogens is 2. The van der Waals surface area contributed by atoms with Crippen molar-refractivity contribution < 1.29 is 13.6 Å². The van der Waals surface area contributed by atoms with Crippen LogP contribution >= 0.6 is 0 Å². The molecule has 1 amide bonds. The third kappa shape index (κ3) is 6.59. The van der Waals surface area contributed by atoms with Crippen LogP contribution in [0.5, 0.6) is 0 Å². The summed E-state index contributed by atoms with van der Waals surface area (Å²) in [6, 6.07) is -0.0943. The van der Waals surface area contributed by atoms with E-state index >= 15 is 0 Å². The van der Waals surface area contributed by atoms with Crippen LogP contribution in [-0.2, 0) is 4.79 Å². The maximum atomic E-state index is 12.2. The van der Waals surface area contributed by atoms with Gasteiger partial charge < -0.3 is 32.8 Å². The van der Waals surface area contributed by atoms with Gasteiger partial charge in [-0.2, -0.15) is 9.97 Å². The van der Waals surface area contributed by atoms with Crippen LogP contribution in [0.1, 0.15) is 44.6 Å². The highest BCUT2D eigenvalue weighted by Crippen LogP contribution is 2.26. The fourth-order valence-electron chi connectivity index (χ4n) is 3.42. The molecule has 0 saturated carbocycles. The van der Waals surface area contributed by atoms with Crippen LogP contribution in [0.15, 0.2) is 16.9 Å². The number of carbonyl (C=O) groups is 1. The fraction of sp³-hybridized carbons (Fsp3) is 0.526. The number of nitrogen functional groups attached to an aromatic ring is 2. The van der Waals surface area contributed by atoms with E-state index in [1.165, 1.54) is 0 Å². The Kier molecular flexibility index (Phi) is 8.64. The number of hydrogen-bond acceptors (Lipinski definition) is 9. The molecule has 1 aromatic heterocycles. The monoisotopic (exact) mass is 437 g/mol. The number of halogens is 2. The van der Waals surface area contributed by atoms with Crippen LogP contribution in [0.2, 0.25) is 0 Å². The van der Waals surface area contributed by atoms with Gasteiger partial charge >= 0.3 is 0 Å². The molecule has 0 bridgehead atoms. The second-order valence-electron chi connectivity index (χ2n) is 7.10. The zero-order chi connectivity index (χ0) is 23.0. The molecular weight excluding hydrogens is 408 g/mol. The van der Waals surface area contributed by atoms with E-state index in [-0.39, 0.29) is 46.5 Å². The number of carbonyl (C=O) groups excluding carboxylic acids is 1. The van der Waals surface area contributed by atoms with Crippen LogP contribution in [-0.4, -0.2) is 58.3 Å². The molecule has 12 heteroatoms. The summed E-state index contributed by atoms with van der Waals surface area (Å²) in [5, 5.41) is 11.2. The van der Waals surface area contributed by atoms with Crippen molar-refractivity contribution in [3.8, 4) is 0 Å². The van der Waals surface area contributed by atoms with Crippen molar-refractivity contribution in [3.63, 3.8) is 0 Å². The molecule has 1 saturated heterocycles. The standard InChI is InChI=1S/C19H29F2N9O/c1-2-15(31)30-6-4-3-5-12(30)7-13(23)16-17(24)28-19(29-18(16)25)27-11(8-22)9-26-10-14(20)21/h8-9,12,14,23H,2-7,10,22H2,1H3,(H5,24,25,27,28,29). The molecule has 10 nitrogen and oxygen atoms in total. The third-order valence-electron chi connectivity index (χ3n) is 4.87. The molecule has 170 valence electrons. The molecule has 0 radical (unpaired) electrons. The number of nitrogens with one attached hydrogen (secondary N) is 2. The van der Waals surface area contributed by atoms with Crippen LogP contribution in [0, 0.1) is 5.41 Å². The van der Waals surface area contributed by atoms with Crippen LogP contribution in [0.25, 0.3) is 0 Å². The minimum absolute atomic E-state index is 0.00722. The van der Waals surface area contributed by atoms with E-state index in [2.05, 4.69) is 20.3 Å². The first-order valence-electron chi connectivity index (χ1n) is 10.0. The predicted molar refractivity (Wildman–Crippen MR) is 117 cm³/mol. The molecule has 31 heavy (non-hydrogen) atoms. The Morgan fingerprint density at radius 1 is 1.35 bits per heavy atom. The van der Waals surface area contributed by atoms with Gasteiger partial charge in [0, 0.05) is 43.6 Å². The van der Waals surface area contributed by atoms with Gasteiger partial charge in [-0.25, -0.2) is 8.78 Å². The van der Waals surface area contributed by atoms with E-state index in [0.29, 0.717) is 19.4 Å². The quantitative estimate of drug-likeness (QED) is 0.366. The Balaban J connectivity index is 2.14. The molecule has 1 unspecified atom stereocenters. The number of allylic oxidation sites excluding steroid dienone is 1. The van der Waals surface area contributed by atoms with Crippen molar-refractivity contribution in [1.82, 2.24) is 14.9 Å². The van der Waals surface area contributed by atoms with Crippen LogP contribution in [0.4, 0.5) is 26.4 Å². The van der Waals surface area contributed by atoms with Gasteiger partial charge in [-0.05, 0) is 19.3 Å². The summed E-state index contributed by atoms with van der Waals surface area (Å²) >= 11 is 0. The van der Waals surface area contributed by atoms with Gasteiger partial charge in [-0.3, -0.25) is 9.79 Å². The number of piperidine rings is 1. The fourth-order valence-corrected chi connectivity index (χ4v) is 3.42. The topological polar surface area (TPSA) is 172 Å². The number of likely N-dealkylation sites (tertiary alicyclic amines) is 1. The Bertz CT molecular complexity index is 834. The first-order valence-corrected chi connectivity index (χ1v) is 10.0. The van der Waals surface area contributed by atoms with Gasteiger partial charge in [0.05, 0.1) is 17.8 Å². The van der Waals surface area contributed by atoms with Gasteiger partial charge in [-0.1, -0.05) is 6.92 Å². The van der Waals surface area contributed by atoms with E-state index in [4.69, 9.17) is 22.6 Å². The summed E-state index contributed by atoms with van der Waals surface area (Å²) in [7, 11) is 0. The predicted octanol–water partition coefficient (Wildman–Crippen LogP) is 1.74. The number of amides is 1. The van der Waals surface area contributed by atoms with Crippen molar-refractivity contribution in [2.75, 3.05) is 29.9 Å². The number of rotatable bonds is 9. The van der Waals surface area contributed by atoms with Gasteiger partial charge in [0.25, 0.3) is 6.43 Å². The summed E-state index contributed by atoms with van der Waals surface area (Å²) in [5.74, 6) is 0.0335. The number of aliphatic imine (C=N–C) groups is 1. The minimum Gasteiger partial charge on any atom is -0.403 e. The lowest BCUT2D eigenvalue weighted by Gasteiger charge is -2.36. The molecule has 2 heterocycles. The van der Waals surface area contributed by atoms with E-state index in [9.17, 15) is 13.6 Å². The Labute approximate surface area is 179 Å². The van der Waals surface area contributed by atoms with Crippen molar-refractivity contribution >= 4 is 35.4 Å². The highest BCUT2D eigenvalue weighted by molar-refractivity contribution is 6.06. The van der Waals surface area contributed by atoms with Crippen LogP contribution in [0.3, 0.4) is 0 Å². The van der Waals surface area contributed by atoms with E-state index in [0.717, 1.165) is 31.7 Å². The Hall–Kier alpha value is -3.31. The number of anilines is 3. The number of nitrogens with zero attached hydrogens (tertiary/aromatic N) is 4. The lowest BCUT2D eigenvalue weighted by atomic mass is 9.94. The number of nitrogens with two attached hydrogens (primary N) is 3. The van der Waals surface area contributed by atoms with Crippen molar-refractivity contribution in [1.29, 1.82) is 5.41 Å². The molecule has 1 atom stereocenters. The van der Waals surface area contributed by atoms with E-state index < -0.39 is 13.0 Å². The molecule has 2 rings (SSSR count). The van der Waals surface area contributed by atoms with Gasteiger partial charge in [0.2, 0.25) is 11.9 Å². The Morgan fingerprint density at radius 3 is 2.61 bits per heavy atom. The normalized spacial score (nSPS) is 17.4.